The van der Waals surface area contributed by atoms with E-state index in [2.05, 4.69) is 34.1 Å². The van der Waals surface area contributed by atoms with Crippen molar-refractivity contribution in [2.45, 2.75) is 0 Å². The van der Waals surface area contributed by atoms with Gasteiger partial charge in [-0.2, -0.15) is 0 Å². The van der Waals surface area contributed by atoms with Gasteiger partial charge in [0.15, 0.2) is 0 Å². The van der Waals surface area contributed by atoms with E-state index in [0.717, 1.165) is 4.47 Å². The first-order valence-corrected chi connectivity index (χ1v) is 4.21. The summed E-state index contributed by atoms with van der Waals surface area (Å²) in [7, 11) is 0. The molecule has 0 unspecified atom stereocenters. The van der Waals surface area contributed by atoms with Crippen molar-refractivity contribution in [3.8, 4) is 0 Å². The van der Waals surface area contributed by atoms with Gasteiger partial charge in [-0.1, -0.05) is 40.2 Å². The van der Waals surface area contributed by atoms with Crippen LogP contribution in [-0.4, -0.2) is 0 Å². The smallest absolute Gasteiger partial charge is 0.0253 e. The minimum absolute atomic E-state index is 1.14. The average molecular weight is 206 g/mol. The standard InChI is InChI=1S/C10H6Br/c11-10-7-3-5-8-4-1-2-6-9(8)10/h2-7H. The molecule has 0 fully saturated rings. The molecule has 1 heteroatoms. The maximum absolute atomic E-state index is 3.48. The molecular weight excluding hydrogens is 200 g/mol. The Hall–Kier alpha value is -0.820. The molecule has 0 aliphatic carbocycles. The van der Waals surface area contributed by atoms with Gasteiger partial charge >= 0.3 is 0 Å². The molecule has 11 heavy (non-hydrogen) atoms. The lowest BCUT2D eigenvalue weighted by atomic mass is 10.1. The van der Waals surface area contributed by atoms with Crippen LogP contribution < -0.4 is 0 Å². The van der Waals surface area contributed by atoms with E-state index < -0.39 is 0 Å². The van der Waals surface area contributed by atoms with E-state index in [4.69, 9.17) is 0 Å². The molecule has 0 saturated carbocycles. The zero-order valence-corrected chi connectivity index (χ0v) is 7.43. The summed E-state index contributed by atoms with van der Waals surface area (Å²) in [4.78, 5) is 0. The molecule has 0 saturated heterocycles. The Labute approximate surface area is 74.0 Å². The Kier molecular flexibility index (Phi) is 1.66. The van der Waals surface area contributed by atoms with Crippen LogP contribution in [0.1, 0.15) is 0 Å². The molecule has 0 spiro atoms. The van der Waals surface area contributed by atoms with Crippen LogP contribution in [0.4, 0.5) is 0 Å². The second-order valence-electron chi connectivity index (χ2n) is 2.39. The van der Waals surface area contributed by atoms with Crippen molar-refractivity contribution in [1.82, 2.24) is 0 Å². The van der Waals surface area contributed by atoms with Crippen molar-refractivity contribution in [3.05, 3.63) is 46.9 Å². The van der Waals surface area contributed by atoms with Crippen molar-refractivity contribution in [1.29, 1.82) is 0 Å². The van der Waals surface area contributed by atoms with Crippen LogP contribution in [0.5, 0.6) is 0 Å². The first kappa shape index (κ1) is 6.86. The number of rotatable bonds is 0. The van der Waals surface area contributed by atoms with Gasteiger partial charge in [-0.25, -0.2) is 0 Å². The quantitative estimate of drug-likeness (QED) is 0.619. The van der Waals surface area contributed by atoms with E-state index in [1.54, 1.807) is 0 Å². The van der Waals surface area contributed by atoms with Gasteiger partial charge in [0.2, 0.25) is 0 Å². The first-order valence-electron chi connectivity index (χ1n) is 3.42. The maximum atomic E-state index is 3.48. The number of benzene rings is 2. The van der Waals surface area contributed by atoms with Crippen LogP contribution in [0, 0.1) is 6.07 Å². The predicted molar refractivity (Wildman–Crippen MR) is 50.5 cm³/mol. The summed E-state index contributed by atoms with van der Waals surface area (Å²) in [5, 5.41) is 2.47. The summed E-state index contributed by atoms with van der Waals surface area (Å²) >= 11 is 3.48. The van der Waals surface area contributed by atoms with E-state index >= 15 is 0 Å². The van der Waals surface area contributed by atoms with Gasteiger partial charge in [0.1, 0.15) is 0 Å². The summed E-state index contributed by atoms with van der Waals surface area (Å²) in [5.41, 5.74) is 0. The van der Waals surface area contributed by atoms with Gasteiger partial charge in [0.25, 0.3) is 0 Å². The number of hydrogen-bond acceptors (Lipinski definition) is 0. The zero-order chi connectivity index (χ0) is 7.68. The molecule has 0 aromatic heterocycles. The minimum Gasteiger partial charge on any atom is -0.0605 e. The summed E-state index contributed by atoms with van der Waals surface area (Å²) in [6.45, 7) is 0. The molecule has 0 bridgehead atoms. The van der Waals surface area contributed by atoms with Gasteiger partial charge < -0.3 is 0 Å². The highest BCUT2D eigenvalue weighted by molar-refractivity contribution is 9.10. The van der Waals surface area contributed by atoms with Crippen LogP contribution >= 0.6 is 15.9 Å². The molecule has 2 aromatic rings. The lowest BCUT2D eigenvalue weighted by Gasteiger charge is -1.97. The van der Waals surface area contributed by atoms with Crippen molar-refractivity contribution in [3.63, 3.8) is 0 Å². The Balaban J connectivity index is 2.91. The third-order valence-electron chi connectivity index (χ3n) is 1.67. The largest absolute Gasteiger partial charge is 0.0605 e. The van der Waals surface area contributed by atoms with Crippen molar-refractivity contribution in [2.75, 3.05) is 0 Å². The number of halogens is 1. The molecular formula is C10H6Br. The maximum Gasteiger partial charge on any atom is 0.0253 e. The molecule has 0 amide bonds. The van der Waals surface area contributed by atoms with Gasteiger partial charge in [0.05, 0.1) is 0 Å². The van der Waals surface area contributed by atoms with Crippen molar-refractivity contribution in [2.24, 2.45) is 0 Å². The molecule has 1 radical (unpaired) electrons. The molecule has 2 rings (SSSR count). The van der Waals surface area contributed by atoms with E-state index in [1.807, 2.05) is 24.3 Å². The third-order valence-corrected chi connectivity index (χ3v) is 2.36. The normalized spacial score (nSPS) is 10.3. The van der Waals surface area contributed by atoms with Gasteiger partial charge in [-0.05, 0) is 29.0 Å². The average Bonchev–Trinajstić information content (AvgIpc) is 2.06. The predicted octanol–water partition coefficient (Wildman–Crippen LogP) is 3.40. The molecule has 0 nitrogen and oxygen atoms in total. The fourth-order valence-corrected chi connectivity index (χ4v) is 1.64. The lowest BCUT2D eigenvalue weighted by Crippen LogP contribution is -1.71. The highest BCUT2D eigenvalue weighted by atomic mass is 79.9. The molecule has 0 aliphatic rings. The molecule has 0 N–H and O–H groups in total. The van der Waals surface area contributed by atoms with Crippen molar-refractivity contribution >= 4 is 26.7 Å². The Morgan fingerprint density at radius 3 is 2.91 bits per heavy atom. The molecule has 53 valence electrons. The summed E-state index contributed by atoms with van der Waals surface area (Å²) < 4.78 is 1.14. The van der Waals surface area contributed by atoms with Crippen molar-refractivity contribution < 1.29 is 0 Å². The van der Waals surface area contributed by atoms with Crippen LogP contribution in [0.25, 0.3) is 10.8 Å². The van der Waals surface area contributed by atoms with E-state index in [1.165, 1.54) is 10.8 Å². The van der Waals surface area contributed by atoms with E-state index in [0.29, 0.717) is 0 Å². The SMILES string of the molecule is Brc1cccc2c[c]ccc12. The van der Waals surface area contributed by atoms with E-state index in [9.17, 15) is 0 Å². The molecule has 0 aliphatic heterocycles. The van der Waals surface area contributed by atoms with Crippen LogP contribution in [-0.2, 0) is 0 Å². The third kappa shape index (κ3) is 1.16. The summed E-state index contributed by atoms with van der Waals surface area (Å²) in [5.74, 6) is 0. The van der Waals surface area contributed by atoms with Crippen LogP contribution in [0.2, 0.25) is 0 Å². The highest BCUT2D eigenvalue weighted by Crippen LogP contribution is 2.22. The lowest BCUT2D eigenvalue weighted by molar-refractivity contribution is 1.70. The summed E-state index contributed by atoms with van der Waals surface area (Å²) in [6.07, 6.45) is 0. The molecule has 0 atom stereocenters. The van der Waals surface area contributed by atoms with E-state index in [-0.39, 0.29) is 0 Å². The first-order chi connectivity index (χ1) is 5.38. The van der Waals surface area contributed by atoms with Gasteiger partial charge in [0, 0.05) is 4.47 Å². The highest BCUT2D eigenvalue weighted by Gasteiger charge is 1.93. The zero-order valence-electron chi connectivity index (χ0n) is 5.84. The Morgan fingerprint density at radius 1 is 1.18 bits per heavy atom. The second-order valence-corrected chi connectivity index (χ2v) is 3.24. The Morgan fingerprint density at radius 2 is 2.09 bits per heavy atom. The topological polar surface area (TPSA) is 0 Å². The Bertz CT molecular complexity index is 374. The number of hydrogen-bond donors (Lipinski definition) is 0. The summed E-state index contributed by atoms with van der Waals surface area (Å²) in [6, 6.07) is 15.2. The van der Waals surface area contributed by atoms with Gasteiger partial charge in [-0.15, -0.1) is 0 Å². The molecule has 0 heterocycles. The monoisotopic (exact) mass is 205 g/mol. The van der Waals surface area contributed by atoms with Crippen LogP contribution in [0.3, 0.4) is 0 Å². The minimum atomic E-state index is 1.14. The second kappa shape index (κ2) is 2.67. The molecule has 2 aromatic carbocycles. The fraction of sp³-hybridized carbons (Fsp3) is 0. The fourth-order valence-electron chi connectivity index (χ4n) is 1.12. The number of fused-ring (bicyclic) bond motifs is 1. The van der Waals surface area contributed by atoms with Crippen LogP contribution in [0.15, 0.2) is 40.9 Å². The van der Waals surface area contributed by atoms with Gasteiger partial charge in [-0.3, -0.25) is 0 Å².